The number of nitrogens with one attached hydrogen (secondary N) is 2. The van der Waals surface area contributed by atoms with Crippen LogP contribution < -0.4 is 10.6 Å². The van der Waals surface area contributed by atoms with E-state index >= 15 is 0 Å². The molecule has 26 heavy (non-hydrogen) atoms. The lowest BCUT2D eigenvalue weighted by Crippen LogP contribution is -2.48. The molecule has 2 heterocycles. The molecule has 1 atom stereocenters. The first-order valence-electron chi connectivity index (χ1n) is 8.29. The van der Waals surface area contributed by atoms with Gasteiger partial charge in [0.15, 0.2) is 0 Å². The molecule has 1 fully saturated rings. The van der Waals surface area contributed by atoms with E-state index in [1.807, 2.05) is 49.4 Å². The van der Waals surface area contributed by atoms with Gasteiger partial charge in [0, 0.05) is 17.2 Å². The van der Waals surface area contributed by atoms with Gasteiger partial charge in [-0.25, -0.2) is 4.98 Å². The number of nitrogens with zero attached hydrogens (tertiary/aromatic N) is 1. The highest BCUT2D eigenvalue weighted by atomic mass is 35.5. The number of fused-ring (bicyclic) bond motifs is 1. The van der Waals surface area contributed by atoms with Crippen LogP contribution in [0.5, 0.6) is 0 Å². The molecule has 136 valence electrons. The molecular weight excluding hydrogens is 389 g/mol. The van der Waals surface area contributed by atoms with E-state index in [4.69, 9.17) is 11.6 Å². The van der Waals surface area contributed by atoms with Crippen LogP contribution in [0.4, 0.5) is 5.69 Å². The Hall–Kier alpha value is -1.66. The normalized spacial score (nSPS) is 15.2. The van der Waals surface area contributed by atoms with Crippen LogP contribution in [0.25, 0.3) is 20.8 Å². The third-order valence-electron chi connectivity index (χ3n) is 4.70. The molecule has 1 aliphatic rings. The number of hydrogen-bond acceptors (Lipinski definition) is 4. The maximum atomic E-state index is 12.3. The average Bonchev–Trinajstić information content (AvgIpc) is 2.99. The van der Waals surface area contributed by atoms with Crippen LogP contribution in [0.3, 0.4) is 0 Å². The topological polar surface area (TPSA) is 54.0 Å². The van der Waals surface area contributed by atoms with Crippen molar-refractivity contribution in [2.45, 2.75) is 6.92 Å². The van der Waals surface area contributed by atoms with Gasteiger partial charge in [0.25, 0.3) is 0 Å². The second-order valence-corrected chi connectivity index (χ2v) is 7.79. The van der Waals surface area contributed by atoms with Gasteiger partial charge in [-0.2, -0.15) is 0 Å². The Morgan fingerprint density at radius 3 is 2.62 bits per heavy atom. The highest BCUT2D eigenvalue weighted by Crippen LogP contribution is 2.34. The molecule has 1 aromatic heterocycles. The number of carbonyl (C=O) groups is 1. The fourth-order valence-electron chi connectivity index (χ4n) is 2.87. The zero-order valence-corrected chi connectivity index (χ0v) is 16.5. The molecule has 1 aliphatic heterocycles. The maximum Gasteiger partial charge on any atom is 0.227 e. The van der Waals surface area contributed by atoms with E-state index in [0.29, 0.717) is 5.92 Å². The zero-order valence-electron chi connectivity index (χ0n) is 14.2. The summed E-state index contributed by atoms with van der Waals surface area (Å²) in [5, 5.41) is 7.86. The van der Waals surface area contributed by atoms with Crippen molar-refractivity contribution in [1.82, 2.24) is 10.3 Å². The molecule has 1 amide bonds. The van der Waals surface area contributed by atoms with Gasteiger partial charge >= 0.3 is 0 Å². The van der Waals surface area contributed by atoms with E-state index in [-0.39, 0.29) is 24.2 Å². The Morgan fingerprint density at radius 2 is 2.00 bits per heavy atom. The van der Waals surface area contributed by atoms with Crippen molar-refractivity contribution in [2.24, 2.45) is 11.8 Å². The van der Waals surface area contributed by atoms with E-state index in [9.17, 15) is 4.79 Å². The molecule has 0 radical (unpaired) electrons. The third-order valence-corrected chi connectivity index (χ3v) is 6.28. The Morgan fingerprint density at radius 1 is 1.27 bits per heavy atom. The summed E-state index contributed by atoms with van der Waals surface area (Å²) >= 11 is 7.81. The van der Waals surface area contributed by atoms with Gasteiger partial charge in [0.05, 0.1) is 15.2 Å². The van der Waals surface area contributed by atoms with Crippen LogP contribution in [-0.4, -0.2) is 24.0 Å². The second-order valence-electron chi connectivity index (χ2n) is 6.38. The predicted molar refractivity (Wildman–Crippen MR) is 111 cm³/mol. The van der Waals surface area contributed by atoms with E-state index in [2.05, 4.69) is 15.6 Å². The summed E-state index contributed by atoms with van der Waals surface area (Å²) in [6.45, 7) is 3.83. The summed E-state index contributed by atoms with van der Waals surface area (Å²) in [6.07, 6.45) is 0. The van der Waals surface area contributed by atoms with Gasteiger partial charge < -0.3 is 10.6 Å². The van der Waals surface area contributed by atoms with Crippen molar-refractivity contribution in [1.29, 1.82) is 0 Å². The van der Waals surface area contributed by atoms with Crippen LogP contribution in [0, 0.1) is 11.8 Å². The van der Waals surface area contributed by atoms with Crippen LogP contribution in [0.1, 0.15) is 6.92 Å². The number of rotatable bonds is 4. The SMILES string of the molecule is CC(C(=O)Nc1ccc(-c2nc3cccc(Cl)c3s2)cc1)C1CNC1.Cl. The summed E-state index contributed by atoms with van der Waals surface area (Å²) in [5.41, 5.74) is 2.74. The van der Waals surface area contributed by atoms with Gasteiger partial charge in [-0.1, -0.05) is 24.6 Å². The van der Waals surface area contributed by atoms with E-state index in [1.54, 1.807) is 11.3 Å². The number of hydrogen-bond donors (Lipinski definition) is 2. The number of amides is 1. The minimum Gasteiger partial charge on any atom is -0.326 e. The van der Waals surface area contributed by atoms with Gasteiger partial charge in [-0.05, 0) is 55.4 Å². The molecule has 4 nitrogen and oxygen atoms in total. The standard InChI is InChI=1S/C19H18ClN3OS.ClH/c1-11(13-9-21-10-13)18(24)22-14-7-5-12(6-8-14)19-23-16-4-2-3-15(20)17(16)25-19;/h2-8,11,13,21H,9-10H2,1H3,(H,22,24);1H. The van der Waals surface area contributed by atoms with E-state index < -0.39 is 0 Å². The molecule has 4 rings (SSSR count). The fourth-order valence-corrected chi connectivity index (χ4v) is 4.13. The van der Waals surface area contributed by atoms with Crippen LogP contribution >= 0.6 is 35.3 Å². The number of benzene rings is 2. The molecule has 1 unspecified atom stereocenters. The Bertz CT molecular complexity index is 922. The molecule has 0 spiro atoms. The smallest absolute Gasteiger partial charge is 0.227 e. The molecule has 1 saturated heterocycles. The van der Waals surface area contributed by atoms with Crippen molar-refractivity contribution in [2.75, 3.05) is 18.4 Å². The number of thiazole rings is 1. The van der Waals surface area contributed by atoms with Gasteiger partial charge in [0.1, 0.15) is 5.01 Å². The molecule has 0 aliphatic carbocycles. The highest BCUT2D eigenvalue weighted by molar-refractivity contribution is 7.22. The van der Waals surface area contributed by atoms with Crippen molar-refractivity contribution in [3.63, 3.8) is 0 Å². The van der Waals surface area contributed by atoms with E-state index in [1.165, 1.54) is 0 Å². The average molecular weight is 408 g/mol. The molecule has 7 heteroatoms. The van der Waals surface area contributed by atoms with Crippen LogP contribution in [0.2, 0.25) is 5.02 Å². The fraction of sp³-hybridized carbons (Fsp3) is 0.263. The van der Waals surface area contributed by atoms with Gasteiger partial charge in [0.2, 0.25) is 5.91 Å². The van der Waals surface area contributed by atoms with Crippen LogP contribution in [0.15, 0.2) is 42.5 Å². The lowest BCUT2D eigenvalue weighted by Gasteiger charge is -2.31. The monoisotopic (exact) mass is 407 g/mol. The lowest BCUT2D eigenvalue weighted by atomic mass is 9.88. The van der Waals surface area contributed by atoms with Crippen LogP contribution in [-0.2, 0) is 4.79 Å². The summed E-state index contributed by atoms with van der Waals surface area (Å²) < 4.78 is 1.000. The first-order valence-corrected chi connectivity index (χ1v) is 9.48. The van der Waals surface area contributed by atoms with Crippen molar-refractivity contribution in [3.05, 3.63) is 47.5 Å². The number of halogens is 2. The summed E-state index contributed by atoms with van der Waals surface area (Å²) in [6, 6.07) is 13.6. The first kappa shape index (κ1) is 19.1. The Labute approximate surface area is 167 Å². The second kappa shape index (κ2) is 7.92. The van der Waals surface area contributed by atoms with Crippen molar-refractivity contribution < 1.29 is 4.79 Å². The lowest BCUT2D eigenvalue weighted by molar-refractivity contribution is -0.121. The summed E-state index contributed by atoms with van der Waals surface area (Å²) in [5.74, 6) is 0.533. The van der Waals surface area contributed by atoms with Gasteiger partial charge in [-0.3, -0.25) is 4.79 Å². The molecule has 3 aromatic rings. The molecule has 0 bridgehead atoms. The highest BCUT2D eigenvalue weighted by Gasteiger charge is 2.28. The molecule has 2 aromatic carbocycles. The summed E-state index contributed by atoms with van der Waals surface area (Å²) in [4.78, 5) is 16.9. The number of anilines is 1. The predicted octanol–water partition coefficient (Wildman–Crippen LogP) is 4.83. The third kappa shape index (κ3) is 3.71. The quantitative estimate of drug-likeness (QED) is 0.650. The number of carbonyl (C=O) groups excluding carboxylic acids is 1. The van der Waals surface area contributed by atoms with E-state index in [0.717, 1.165) is 44.6 Å². The first-order chi connectivity index (χ1) is 12.1. The minimum atomic E-state index is 0. The van der Waals surface area contributed by atoms with Gasteiger partial charge in [-0.15, -0.1) is 23.7 Å². The van der Waals surface area contributed by atoms with Crippen molar-refractivity contribution in [3.8, 4) is 10.6 Å². The molecule has 0 saturated carbocycles. The largest absolute Gasteiger partial charge is 0.326 e. The molecular formula is C19H19Cl2N3OS. The minimum absolute atomic E-state index is 0. The Balaban J connectivity index is 0.00000196. The summed E-state index contributed by atoms with van der Waals surface area (Å²) in [7, 11) is 0. The van der Waals surface area contributed by atoms with Crippen molar-refractivity contribution >= 4 is 57.2 Å². The Kier molecular flexibility index (Phi) is 5.82. The molecule has 2 N–H and O–H groups in total. The maximum absolute atomic E-state index is 12.3. The zero-order chi connectivity index (χ0) is 17.4. The number of aromatic nitrogens is 1.